The zero-order valence-corrected chi connectivity index (χ0v) is 14.8. The molecule has 2 aromatic heterocycles. The summed E-state index contributed by atoms with van der Waals surface area (Å²) in [7, 11) is 3.03. The molecule has 0 fully saturated rings. The van der Waals surface area contributed by atoms with Crippen molar-refractivity contribution in [3.8, 4) is 5.75 Å². The maximum absolute atomic E-state index is 12.5. The van der Waals surface area contributed by atoms with Crippen LogP contribution < -0.4 is 16.7 Å². The predicted octanol–water partition coefficient (Wildman–Crippen LogP) is 0.995. The fourth-order valence-electron chi connectivity index (χ4n) is 2.70. The quantitative estimate of drug-likeness (QED) is 0.524. The lowest BCUT2D eigenvalue weighted by atomic mass is 10.2. The fraction of sp³-hybridized carbons (Fsp3) is 0.294. The van der Waals surface area contributed by atoms with Gasteiger partial charge in [-0.1, -0.05) is 6.92 Å². The van der Waals surface area contributed by atoms with Crippen LogP contribution in [-0.2, 0) is 20.6 Å². The summed E-state index contributed by atoms with van der Waals surface area (Å²) in [5.41, 5.74) is 3.48. The van der Waals surface area contributed by atoms with E-state index in [0.717, 1.165) is 16.6 Å². The van der Waals surface area contributed by atoms with E-state index in [1.165, 1.54) is 11.6 Å². The summed E-state index contributed by atoms with van der Waals surface area (Å²) < 4.78 is 4.14. The zero-order valence-electron chi connectivity index (χ0n) is 14.8. The van der Waals surface area contributed by atoms with Crippen molar-refractivity contribution in [2.45, 2.75) is 19.9 Å². The van der Waals surface area contributed by atoms with E-state index in [9.17, 15) is 14.7 Å². The first kappa shape index (κ1) is 17.5. The van der Waals surface area contributed by atoms with E-state index in [1.807, 2.05) is 6.92 Å². The molecule has 136 valence electrons. The minimum atomic E-state index is -0.428. The van der Waals surface area contributed by atoms with Crippen LogP contribution in [0.2, 0.25) is 0 Å². The molecule has 0 aliphatic heterocycles. The maximum Gasteiger partial charge on any atom is 0.332 e. The standard InChI is InChI=1S/C17H20N6O3/c1-4-9-23-13-14(21(2)17(26)22(3)15(13)25)19-16(23)20-18-10-11-5-7-12(24)8-6-11/h5-8,10,24H,4,9H2,1-3H3,(H,19,20)/b18-10-. The van der Waals surface area contributed by atoms with Gasteiger partial charge in [-0.25, -0.2) is 10.2 Å². The molecular weight excluding hydrogens is 336 g/mol. The third-order valence-electron chi connectivity index (χ3n) is 4.07. The second-order valence-electron chi connectivity index (χ2n) is 5.93. The molecule has 1 aromatic carbocycles. The van der Waals surface area contributed by atoms with Gasteiger partial charge in [0.25, 0.3) is 5.56 Å². The summed E-state index contributed by atoms with van der Waals surface area (Å²) >= 11 is 0. The Labute approximate surface area is 148 Å². The van der Waals surface area contributed by atoms with Gasteiger partial charge in [0, 0.05) is 20.6 Å². The molecule has 2 heterocycles. The predicted molar refractivity (Wildman–Crippen MR) is 99.8 cm³/mol. The van der Waals surface area contributed by atoms with Crippen molar-refractivity contribution in [2.75, 3.05) is 5.43 Å². The minimum Gasteiger partial charge on any atom is -0.508 e. The van der Waals surface area contributed by atoms with Crippen LogP contribution in [0.1, 0.15) is 18.9 Å². The summed E-state index contributed by atoms with van der Waals surface area (Å²) in [5, 5.41) is 13.4. The zero-order chi connectivity index (χ0) is 18.8. The number of benzene rings is 1. The Kier molecular flexibility index (Phi) is 4.61. The van der Waals surface area contributed by atoms with Crippen molar-refractivity contribution >= 4 is 23.3 Å². The van der Waals surface area contributed by atoms with Crippen molar-refractivity contribution in [3.05, 3.63) is 50.7 Å². The molecule has 26 heavy (non-hydrogen) atoms. The molecule has 0 radical (unpaired) electrons. The number of rotatable bonds is 5. The average Bonchev–Trinajstić information content (AvgIpc) is 2.99. The Balaban J connectivity index is 2.05. The van der Waals surface area contributed by atoms with E-state index in [2.05, 4.69) is 15.5 Å². The minimum absolute atomic E-state index is 0.177. The highest BCUT2D eigenvalue weighted by Crippen LogP contribution is 2.16. The number of nitrogens with zero attached hydrogens (tertiary/aromatic N) is 5. The second kappa shape index (κ2) is 6.87. The Morgan fingerprint density at radius 3 is 2.54 bits per heavy atom. The molecule has 9 heteroatoms. The Morgan fingerprint density at radius 2 is 1.88 bits per heavy atom. The summed E-state index contributed by atoms with van der Waals surface area (Å²) in [6.07, 6.45) is 2.36. The number of aromatic hydroxyl groups is 1. The normalized spacial score (nSPS) is 11.5. The van der Waals surface area contributed by atoms with Crippen LogP contribution in [0.3, 0.4) is 0 Å². The number of hydrogen-bond donors (Lipinski definition) is 2. The van der Waals surface area contributed by atoms with Crippen LogP contribution >= 0.6 is 0 Å². The maximum atomic E-state index is 12.5. The van der Waals surface area contributed by atoms with Crippen LogP contribution in [0.25, 0.3) is 11.2 Å². The number of anilines is 1. The first-order chi connectivity index (χ1) is 12.4. The van der Waals surface area contributed by atoms with Crippen LogP contribution in [0.15, 0.2) is 39.0 Å². The van der Waals surface area contributed by atoms with Gasteiger partial charge in [0.2, 0.25) is 5.95 Å². The van der Waals surface area contributed by atoms with Crippen molar-refractivity contribution in [1.29, 1.82) is 0 Å². The lowest BCUT2D eigenvalue weighted by molar-refractivity contribution is 0.475. The molecule has 0 amide bonds. The van der Waals surface area contributed by atoms with E-state index >= 15 is 0 Å². The fourth-order valence-corrected chi connectivity index (χ4v) is 2.70. The summed E-state index contributed by atoms with van der Waals surface area (Å²) in [4.78, 5) is 29.0. The number of aromatic nitrogens is 4. The number of phenols is 1. The van der Waals surface area contributed by atoms with Gasteiger partial charge in [0.05, 0.1) is 6.21 Å². The highest BCUT2D eigenvalue weighted by atomic mass is 16.3. The van der Waals surface area contributed by atoms with Crippen LogP contribution in [-0.4, -0.2) is 30.0 Å². The molecule has 0 aliphatic carbocycles. The lowest BCUT2D eigenvalue weighted by Crippen LogP contribution is -2.37. The second-order valence-corrected chi connectivity index (χ2v) is 5.93. The summed E-state index contributed by atoms with van der Waals surface area (Å²) in [5.74, 6) is 0.562. The number of imidazole rings is 1. The Hall–Kier alpha value is -3.36. The molecule has 0 bridgehead atoms. The van der Waals surface area contributed by atoms with Crippen LogP contribution in [0.4, 0.5) is 5.95 Å². The monoisotopic (exact) mass is 356 g/mol. The molecule has 0 atom stereocenters. The molecule has 0 saturated carbocycles. The largest absolute Gasteiger partial charge is 0.508 e. The number of hydrazone groups is 1. The average molecular weight is 356 g/mol. The number of fused-ring (bicyclic) bond motifs is 1. The van der Waals surface area contributed by atoms with Gasteiger partial charge < -0.3 is 9.67 Å². The van der Waals surface area contributed by atoms with Gasteiger partial charge in [-0.15, -0.1) is 0 Å². The van der Waals surface area contributed by atoms with Gasteiger partial charge >= 0.3 is 5.69 Å². The molecule has 3 rings (SSSR count). The highest BCUT2D eigenvalue weighted by Gasteiger charge is 2.18. The molecule has 3 aromatic rings. The van der Waals surface area contributed by atoms with Crippen LogP contribution in [0, 0.1) is 0 Å². The Bertz CT molecular complexity index is 1090. The molecular formula is C17H20N6O3. The smallest absolute Gasteiger partial charge is 0.332 e. The topological polar surface area (TPSA) is 106 Å². The number of hydrogen-bond acceptors (Lipinski definition) is 6. The van der Waals surface area contributed by atoms with Crippen molar-refractivity contribution in [3.63, 3.8) is 0 Å². The third kappa shape index (κ3) is 2.99. The van der Waals surface area contributed by atoms with Gasteiger partial charge in [-0.3, -0.25) is 13.9 Å². The SMILES string of the molecule is CCCn1c(N/N=C\c2ccc(O)cc2)nc2c1c(=O)n(C)c(=O)n2C. The van der Waals surface area contributed by atoms with E-state index in [1.54, 1.807) is 42.1 Å². The third-order valence-corrected chi connectivity index (χ3v) is 4.07. The van der Waals surface area contributed by atoms with E-state index < -0.39 is 5.69 Å². The number of phenolic OH excluding ortho intramolecular Hbond substituents is 1. The first-order valence-electron chi connectivity index (χ1n) is 8.18. The lowest BCUT2D eigenvalue weighted by Gasteiger charge is -2.07. The van der Waals surface area contributed by atoms with E-state index in [0.29, 0.717) is 23.7 Å². The van der Waals surface area contributed by atoms with Crippen molar-refractivity contribution < 1.29 is 5.11 Å². The molecule has 2 N–H and O–H groups in total. The van der Waals surface area contributed by atoms with E-state index in [-0.39, 0.29) is 11.3 Å². The number of nitrogens with one attached hydrogen (secondary N) is 1. The molecule has 0 spiro atoms. The molecule has 0 aliphatic rings. The first-order valence-corrected chi connectivity index (χ1v) is 8.18. The van der Waals surface area contributed by atoms with Crippen molar-refractivity contribution in [2.24, 2.45) is 19.2 Å². The van der Waals surface area contributed by atoms with Gasteiger partial charge in [0.1, 0.15) is 5.75 Å². The summed E-state index contributed by atoms with van der Waals surface area (Å²) in [6.45, 7) is 2.54. The van der Waals surface area contributed by atoms with Gasteiger partial charge in [-0.05, 0) is 36.2 Å². The van der Waals surface area contributed by atoms with Crippen LogP contribution in [0.5, 0.6) is 5.75 Å². The van der Waals surface area contributed by atoms with Gasteiger partial charge in [-0.2, -0.15) is 10.1 Å². The summed E-state index contributed by atoms with van der Waals surface area (Å²) in [6, 6.07) is 6.56. The van der Waals surface area contributed by atoms with Crippen molar-refractivity contribution in [1.82, 2.24) is 18.7 Å². The molecule has 0 saturated heterocycles. The number of aryl methyl sites for hydroxylation is 2. The molecule has 0 unspecified atom stereocenters. The van der Waals surface area contributed by atoms with E-state index in [4.69, 9.17) is 0 Å². The van der Waals surface area contributed by atoms with Gasteiger partial charge in [0.15, 0.2) is 11.2 Å². The Morgan fingerprint density at radius 1 is 1.19 bits per heavy atom. The molecule has 9 nitrogen and oxygen atoms in total. The highest BCUT2D eigenvalue weighted by molar-refractivity contribution is 5.80.